The molecule has 0 bridgehead atoms. The van der Waals surface area contributed by atoms with E-state index in [-0.39, 0.29) is 11.7 Å². The minimum Gasteiger partial charge on any atom is -0.378 e. The number of hydrogen-bond donors (Lipinski definition) is 1. The second-order valence-corrected chi connectivity index (χ2v) is 6.49. The summed E-state index contributed by atoms with van der Waals surface area (Å²) in [5.41, 5.74) is 1.90. The zero-order valence-corrected chi connectivity index (χ0v) is 15.2. The molecule has 1 aromatic carbocycles. The molecule has 1 N–H and O–H groups in total. The predicted octanol–water partition coefficient (Wildman–Crippen LogP) is 1.98. The van der Waals surface area contributed by atoms with Gasteiger partial charge in [-0.05, 0) is 50.2 Å². The Morgan fingerprint density at radius 1 is 1.15 bits per heavy atom. The Balaban J connectivity index is 2.24. The van der Waals surface area contributed by atoms with Crippen molar-refractivity contribution in [1.82, 2.24) is 19.9 Å². The van der Waals surface area contributed by atoms with Crippen molar-refractivity contribution in [3.05, 3.63) is 58.6 Å². The molecule has 0 aliphatic heterocycles. The molecule has 7 nitrogen and oxygen atoms in total. The first kappa shape index (κ1) is 17.6. The van der Waals surface area contributed by atoms with Gasteiger partial charge in [0.25, 0.3) is 11.5 Å². The van der Waals surface area contributed by atoms with Crippen LogP contribution in [0.3, 0.4) is 0 Å². The van der Waals surface area contributed by atoms with E-state index in [9.17, 15) is 9.59 Å². The topological polar surface area (TPSA) is 80.1 Å². The smallest absolute Gasteiger partial charge is 0.288 e. The first-order valence-electron chi connectivity index (χ1n) is 8.35. The number of aromatic nitrogens is 3. The van der Waals surface area contributed by atoms with Crippen molar-refractivity contribution < 1.29 is 4.79 Å². The van der Waals surface area contributed by atoms with Crippen molar-refractivity contribution in [1.29, 1.82) is 0 Å². The molecule has 0 unspecified atom stereocenters. The predicted molar refractivity (Wildman–Crippen MR) is 102 cm³/mol. The van der Waals surface area contributed by atoms with Crippen molar-refractivity contribution in [3.63, 3.8) is 0 Å². The van der Waals surface area contributed by atoms with Gasteiger partial charge in [0.05, 0.1) is 5.69 Å². The lowest BCUT2D eigenvalue weighted by molar-refractivity contribution is 0.0936. The number of carbonyl (C=O) groups excluding carboxylic acids is 1. The Labute approximate surface area is 151 Å². The molecule has 3 rings (SSSR count). The zero-order valence-electron chi connectivity index (χ0n) is 15.2. The van der Waals surface area contributed by atoms with E-state index < -0.39 is 11.5 Å². The van der Waals surface area contributed by atoms with Gasteiger partial charge >= 0.3 is 0 Å². The highest BCUT2D eigenvalue weighted by Crippen LogP contribution is 2.17. The van der Waals surface area contributed by atoms with E-state index >= 15 is 0 Å². The van der Waals surface area contributed by atoms with E-state index in [1.165, 1.54) is 4.57 Å². The molecule has 0 aliphatic carbocycles. The summed E-state index contributed by atoms with van der Waals surface area (Å²) in [7, 11) is 3.89. The third kappa shape index (κ3) is 3.28. The van der Waals surface area contributed by atoms with E-state index in [0.717, 1.165) is 5.69 Å². The number of benzene rings is 1. The first-order valence-corrected chi connectivity index (χ1v) is 8.35. The lowest BCUT2D eigenvalue weighted by Crippen LogP contribution is -2.37. The third-order valence-electron chi connectivity index (χ3n) is 3.87. The number of carbonyl (C=O) groups is 1. The van der Waals surface area contributed by atoms with Crippen LogP contribution in [0.2, 0.25) is 0 Å². The highest BCUT2D eigenvalue weighted by Gasteiger charge is 2.19. The average Bonchev–Trinajstić information content (AvgIpc) is 2.60. The second-order valence-electron chi connectivity index (χ2n) is 6.49. The van der Waals surface area contributed by atoms with Gasteiger partial charge in [-0.2, -0.15) is 0 Å². The minimum atomic E-state index is -0.494. The summed E-state index contributed by atoms with van der Waals surface area (Å²) in [5.74, 6) is -0.491. The van der Waals surface area contributed by atoms with E-state index in [4.69, 9.17) is 0 Å². The van der Waals surface area contributed by atoms with Gasteiger partial charge in [-0.3, -0.25) is 14.2 Å². The van der Waals surface area contributed by atoms with E-state index in [2.05, 4.69) is 15.3 Å². The van der Waals surface area contributed by atoms with Crippen LogP contribution in [-0.4, -0.2) is 40.6 Å². The minimum absolute atomic E-state index is 0.0962. The van der Waals surface area contributed by atoms with Crippen LogP contribution in [0.25, 0.3) is 16.9 Å². The van der Waals surface area contributed by atoms with Crippen molar-refractivity contribution in [2.75, 3.05) is 19.0 Å². The lowest BCUT2D eigenvalue weighted by Gasteiger charge is -2.15. The van der Waals surface area contributed by atoms with Crippen LogP contribution in [0.1, 0.15) is 24.3 Å². The molecular formula is C19H21N5O2. The van der Waals surface area contributed by atoms with Gasteiger partial charge in [0, 0.05) is 32.0 Å². The van der Waals surface area contributed by atoms with Crippen molar-refractivity contribution in [2.45, 2.75) is 19.9 Å². The molecule has 0 fully saturated rings. The summed E-state index contributed by atoms with van der Waals surface area (Å²) in [6, 6.07) is 10.8. The number of anilines is 1. The maximum absolute atomic E-state index is 13.0. The molecule has 0 saturated heterocycles. The summed E-state index contributed by atoms with van der Waals surface area (Å²) < 4.78 is 1.43. The Kier molecular flexibility index (Phi) is 4.71. The molecule has 2 aromatic heterocycles. The maximum Gasteiger partial charge on any atom is 0.288 e. The van der Waals surface area contributed by atoms with Crippen LogP contribution in [0.15, 0.2) is 47.4 Å². The summed E-state index contributed by atoms with van der Waals surface area (Å²) in [6.07, 6.45) is 1.60. The summed E-state index contributed by atoms with van der Waals surface area (Å²) in [4.78, 5) is 36.0. The van der Waals surface area contributed by atoms with E-state index in [0.29, 0.717) is 16.9 Å². The number of nitrogens with one attached hydrogen (secondary N) is 1. The van der Waals surface area contributed by atoms with Gasteiger partial charge in [-0.15, -0.1) is 0 Å². The maximum atomic E-state index is 13.0. The monoisotopic (exact) mass is 351 g/mol. The molecule has 7 heteroatoms. The number of fused-ring (bicyclic) bond motifs is 1. The number of pyridine rings is 1. The molecule has 26 heavy (non-hydrogen) atoms. The van der Waals surface area contributed by atoms with Crippen LogP contribution in [0.5, 0.6) is 0 Å². The largest absolute Gasteiger partial charge is 0.378 e. The summed E-state index contributed by atoms with van der Waals surface area (Å²) in [5, 5.41) is 2.73. The standard InChI is InChI=1S/C19H21N5O2/c1-12(2)21-18(25)16-19(26)24(17-15(22-16)6-5-11-20-17)14-9-7-13(8-10-14)23(3)4/h5-12H,1-4H3,(H,21,25). The fourth-order valence-electron chi connectivity index (χ4n) is 2.64. The van der Waals surface area contributed by atoms with Crippen molar-refractivity contribution >= 4 is 22.8 Å². The van der Waals surface area contributed by atoms with E-state index in [1.54, 1.807) is 18.3 Å². The molecule has 3 aromatic rings. The SMILES string of the molecule is CC(C)NC(=O)c1nc2cccnc2n(-c2ccc(N(C)C)cc2)c1=O. The number of nitrogens with zero attached hydrogens (tertiary/aromatic N) is 4. The molecule has 0 spiro atoms. The molecule has 0 radical (unpaired) electrons. The Morgan fingerprint density at radius 3 is 2.46 bits per heavy atom. The molecule has 1 amide bonds. The second kappa shape index (κ2) is 6.95. The highest BCUT2D eigenvalue weighted by atomic mass is 16.2. The number of hydrogen-bond acceptors (Lipinski definition) is 5. The van der Waals surface area contributed by atoms with Gasteiger partial charge in [0.2, 0.25) is 0 Å². The molecule has 0 saturated carbocycles. The fraction of sp³-hybridized carbons (Fsp3) is 0.263. The van der Waals surface area contributed by atoms with Crippen LogP contribution in [0, 0.1) is 0 Å². The highest BCUT2D eigenvalue weighted by molar-refractivity contribution is 5.94. The summed E-state index contributed by atoms with van der Waals surface area (Å²) in [6.45, 7) is 3.66. The summed E-state index contributed by atoms with van der Waals surface area (Å²) >= 11 is 0. The lowest BCUT2D eigenvalue weighted by atomic mass is 10.2. The fourth-order valence-corrected chi connectivity index (χ4v) is 2.64. The van der Waals surface area contributed by atoms with Gasteiger partial charge < -0.3 is 10.2 Å². The Morgan fingerprint density at radius 2 is 1.85 bits per heavy atom. The number of rotatable bonds is 4. The van der Waals surface area contributed by atoms with Crippen molar-refractivity contribution in [2.24, 2.45) is 0 Å². The molecule has 0 atom stereocenters. The van der Waals surface area contributed by atoms with Crippen LogP contribution < -0.4 is 15.8 Å². The van der Waals surface area contributed by atoms with Gasteiger partial charge in [-0.1, -0.05) is 0 Å². The zero-order chi connectivity index (χ0) is 18.8. The van der Waals surface area contributed by atoms with Crippen LogP contribution in [-0.2, 0) is 0 Å². The average molecular weight is 351 g/mol. The Bertz CT molecular complexity index is 1010. The van der Waals surface area contributed by atoms with Crippen LogP contribution in [0.4, 0.5) is 5.69 Å². The van der Waals surface area contributed by atoms with Crippen molar-refractivity contribution in [3.8, 4) is 5.69 Å². The number of amides is 1. The van der Waals surface area contributed by atoms with Gasteiger partial charge in [0.1, 0.15) is 5.52 Å². The van der Waals surface area contributed by atoms with Gasteiger partial charge in [0.15, 0.2) is 11.3 Å². The molecule has 134 valence electrons. The first-order chi connectivity index (χ1) is 12.4. The molecule has 2 heterocycles. The van der Waals surface area contributed by atoms with E-state index in [1.807, 2.05) is 57.1 Å². The normalized spacial score (nSPS) is 11.0. The van der Waals surface area contributed by atoms with Crippen LogP contribution >= 0.6 is 0 Å². The van der Waals surface area contributed by atoms with Gasteiger partial charge in [-0.25, -0.2) is 9.97 Å². The Hall–Kier alpha value is -3.22. The third-order valence-corrected chi connectivity index (χ3v) is 3.87. The molecular weight excluding hydrogens is 330 g/mol. The molecule has 0 aliphatic rings. The quantitative estimate of drug-likeness (QED) is 0.777.